The molecule has 0 radical (unpaired) electrons. The number of nitrogens with zero attached hydrogens (tertiary/aromatic N) is 1. The average Bonchev–Trinajstić information content (AvgIpc) is 2.40. The molecule has 18 heavy (non-hydrogen) atoms. The smallest absolute Gasteiger partial charge is 0.321 e. The highest BCUT2D eigenvalue weighted by Crippen LogP contribution is 2.10. The lowest BCUT2D eigenvalue weighted by molar-refractivity contribution is 0.0963. The molecule has 3 amide bonds. The summed E-state index contributed by atoms with van der Waals surface area (Å²) >= 11 is 0. The zero-order chi connectivity index (χ0) is 13.5. The van der Waals surface area contributed by atoms with Crippen LogP contribution >= 0.6 is 0 Å². The molecule has 0 heterocycles. The van der Waals surface area contributed by atoms with E-state index in [-0.39, 0.29) is 11.9 Å². The molecule has 0 unspecified atom stereocenters. The second-order valence-electron chi connectivity index (χ2n) is 3.76. The Balaban J connectivity index is 2.69. The first kappa shape index (κ1) is 14.0. The van der Waals surface area contributed by atoms with Gasteiger partial charge in [-0.05, 0) is 38.1 Å². The summed E-state index contributed by atoms with van der Waals surface area (Å²) in [5.41, 5.74) is 1.25. The summed E-state index contributed by atoms with van der Waals surface area (Å²) in [6.07, 6.45) is 0. The molecule has 0 saturated carbocycles. The average molecular weight is 249 g/mol. The molecule has 0 saturated heterocycles. The van der Waals surface area contributed by atoms with Crippen molar-refractivity contribution in [1.82, 2.24) is 10.2 Å². The highest BCUT2D eigenvalue weighted by atomic mass is 16.2. The van der Waals surface area contributed by atoms with Crippen LogP contribution in [-0.4, -0.2) is 37.0 Å². The molecule has 1 aromatic carbocycles. The Labute approximate surface area is 107 Å². The first-order chi connectivity index (χ1) is 8.62. The van der Waals surface area contributed by atoms with Gasteiger partial charge in [-0.2, -0.15) is 0 Å². The van der Waals surface area contributed by atoms with Gasteiger partial charge < -0.3 is 15.5 Å². The molecule has 0 spiro atoms. The number of anilines is 1. The van der Waals surface area contributed by atoms with E-state index in [1.54, 1.807) is 36.2 Å². The van der Waals surface area contributed by atoms with Crippen LogP contribution in [0.4, 0.5) is 10.5 Å². The van der Waals surface area contributed by atoms with Crippen LogP contribution in [-0.2, 0) is 0 Å². The molecular formula is C13H19N3O2. The van der Waals surface area contributed by atoms with Crippen molar-refractivity contribution in [3.8, 4) is 0 Å². The van der Waals surface area contributed by atoms with E-state index in [1.165, 1.54) is 0 Å². The molecule has 5 nitrogen and oxygen atoms in total. The zero-order valence-electron chi connectivity index (χ0n) is 11.0. The summed E-state index contributed by atoms with van der Waals surface area (Å²) in [5, 5.41) is 5.33. The van der Waals surface area contributed by atoms with Crippen LogP contribution in [0.1, 0.15) is 24.2 Å². The Morgan fingerprint density at radius 2 is 1.67 bits per heavy atom. The maximum atomic E-state index is 11.8. The molecule has 1 rings (SSSR count). The number of amides is 3. The van der Waals surface area contributed by atoms with Gasteiger partial charge in [0.15, 0.2) is 0 Å². The summed E-state index contributed by atoms with van der Waals surface area (Å²) in [5.74, 6) is -0.142. The van der Waals surface area contributed by atoms with Gasteiger partial charge >= 0.3 is 6.03 Å². The van der Waals surface area contributed by atoms with Crippen molar-refractivity contribution in [1.29, 1.82) is 0 Å². The molecule has 0 fully saturated rings. The van der Waals surface area contributed by atoms with Crippen molar-refractivity contribution in [2.24, 2.45) is 0 Å². The molecule has 0 bridgehead atoms. The topological polar surface area (TPSA) is 61.4 Å². The third-order valence-corrected chi connectivity index (χ3v) is 2.68. The van der Waals surface area contributed by atoms with Crippen LogP contribution in [0, 0.1) is 0 Å². The van der Waals surface area contributed by atoms with Gasteiger partial charge in [0.2, 0.25) is 0 Å². The van der Waals surface area contributed by atoms with Gasteiger partial charge in [0, 0.05) is 31.4 Å². The Hall–Kier alpha value is -2.04. The monoisotopic (exact) mass is 249 g/mol. The molecule has 0 aliphatic carbocycles. The van der Waals surface area contributed by atoms with Gasteiger partial charge in [-0.15, -0.1) is 0 Å². The summed E-state index contributed by atoms with van der Waals surface area (Å²) < 4.78 is 0. The Bertz CT molecular complexity index is 411. The number of benzene rings is 1. The van der Waals surface area contributed by atoms with Crippen LogP contribution in [0.25, 0.3) is 0 Å². The lowest BCUT2D eigenvalue weighted by Gasteiger charge is -2.19. The molecule has 0 aliphatic heterocycles. The second-order valence-corrected chi connectivity index (χ2v) is 3.76. The second kappa shape index (κ2) is 6.64. The minimum atomic E-state index is -0.142. The van der Waals surface area contributed by atoms with Crippen molar-refractivity contribution in [2.45, 2.75) is 13.8 Å². The number of urea groups is 1. The number of carbonyl (C=O) groups is 2. The maximum Gasteiger partial charge on any atom is 0.321 e. The first-order valence-corrected chi connectivity index (χ1v) is 6.00. The number of hydrogen-bond acceptors (Lipinski definition) is 2. The van der Waals surface area contributed by atoms with E-state index in [9.17, 15) is 9.59 Å². The highest BCUT2D eigenvalue weighted by molar-refractivity contribution is 5.95. The van der Waals surface area contributed by atoms with Crippen molar-refractivity contribution in [3.63, 3.8) is 0 Å². The highest BCUT2D eigenvalue weighted by Gasteiger charge is 2.09. The fourth-order valence-electron chi connectivity index (χ4n) is 1.56. The van der Waals surface area contributed by atoms with Crippen LogP contribution in [0.2, 0.25) is 0 Å². The number of carbonyl (C=O) groups excluding carboxylic acids is 2. The molecule has 0 aliphatic rings. The third kappa shape index (κ3) is 3.48. The van der Waals surface area contributed by atoms with E-state index in [1.807, 2.05) is 13.8 Å². The third-order valence-electron chi connectivity index (χ3n) is 2.68. The van der Waals surface area contributed by atoms with Crippen molar-refractivity contribution < 1.29 is 9.59 Å². The van der Waals surface area contributed by atoms with E-state index in [4.69, 9.17) is 0 Å². The molecular weight excluding hydrogens is 230 g/mol. The van der Waals surface area contributed by atoms with E-state index in [2.05, 4.69) is 10.6 Å². The number of nitrogens with one attached hydrogen (secondary N) is 2. The fourth-order valence-corrected chi connectivity index (χ4v) is 1.56. The molecule has 5 heteroatoms. The van der Waals surface area contributed by atoms with Crippen molar-refractivity contribution >= 4 is 17.6 Å². The predicted octanol–water partition coefficient (Wildman–Crippen LogP) is 1.92. The maximum absolute atomic E-state index is 11.8. The fraction of sp³-hybridized carbons (Fsp3) is 0.385. The van der Waals surface area contributed by atoms with Crippen LogP contribution in [0.3, 0.4) is 0 Å². The minimum Gasteiger partial charge on any atom is -0.355 e. The van der Waals surface area contributed by atoms with E-state index in [0.717, 1.165) is 0 Å². The van der Waals surface area contributed by atoms with Crippen molar-refractivity contribution in [3.05, 3.63) is 29.8 Å². The van der Waals surface area contributed by atoms with E-state index in [0.29, 0.717) is 24.3 Å². The summed E-state index contributed by atoms with van der Waals surface area (Å²) in [4.78, 5) is 24.8. The van der Waals surface area contributed by atoms with E-state index < -0.39 is 0 Å². The van der Waals surface area contributed by atoms with Gasteiger partial charge in [0.25, 0.3) is 5.91 Å². The molecule has 1 aromatic rings. The molecule has 0 atom stereocenters. The minimum absolute atomic E-state index is 0.132. The zero-order valence-corrected chi connectivity index (χ0v) is 11.0. The quantitative estimate of drug-likeness (QED) is 0.856. The molecule has 98 valence electrons. The van der Waals surface area contributed by atoms with Gasteiger partial charge in [-0.1, -0.05) is 0 Å². The first-order valence-electron chi connectivity index (χ1n) is 6.00. The summed E-state index contributed by atoms with van der Waals surface area (Å²) in [7, 11) is 1.58. The Morgan fingerprint density at radius 3 is 2.11 bits per heavy atom. The normalized spacial score (nSPS) is 9.72. The van der Waals surface area contributed by atoms with Gasteiger partial charge in [0.05, 0.1) is 0 Å². The van der Waals surface area contributed by atoms with Crippen LogP contribution in [0.5, 0.6) is 0 Å². The standard InChI is InChI=1S/C13H19N3O2/c1-4-16(5-2)13(18)15-11-8-6-10(7-9-11)12(17)14-3/h6-9H,4-5H2,1-3H3,(H,14,17)(H,15,18). The predicted molar refractivity (Wildman–Crippen MR) is 71.8 cm³/mol. The lowest BCUT2D eigenvalue weighted by Crippen LogP contribution is -2.34. The van der Waals surface area contributed by atoms with Gasteiger partial charge in [-0.3, -0.25) is 4.79 Å². The van der Waals surface area contributed by atoms with Crippen molar-refractivity contribution in [2.75, 3.05) is 25.5 Å². The summed E-state index contributed by atoms with van der Waals surface area (Å²) in [6.45, 7) is 5.19. The van der Waals surface area contributed by atoms with Crippen LogP contribution < -0.4 is 10.6 Å². The molecule has 2 N–H and O–H groups in total. The largest absolute Gasteiger partial charge is 0.355 e. The molecule has 0 aromatic heterocycles. The van der Waals surface area contributed by atoms with Gasteiger partial charge in [-0.25, -0.2) is 4.79 Å². The van der Waals surface area contributed by atoms with Gasteiger partial charge in [0.1, 0.15) is 0 Å². The Morgan fingerprint density at radius 1 is 1.11 bits per heavy atom. The number of rotatable bonds is 4. The van der Waals surface area contributed by atoms with Crippen LogP contribution in [0.15, 0.2) is 24.3 Å². The number of hydrogen-bond donors (Lipinski definition) is 2. The van der Waals surface area contributed by atoms with E-state index >= 15 is 0 Å². The Kier molecular flexibility index (Phi) is 5.17. The lowest BCUT2D eigenvalue weighted by atomic mass is 10.2. The summed E-state index contributed by atoms with van der Waals surface area (Å²) in [6, 6.07) is 6.65. The SMILES string of the molecule is CCN(CC)C(=O)Nc1ccc(C(=O)NC)cc1.